The van der Waals surface area contributed by atoms with Crippen LogP contribution in [0, 0.1) is 22.7 Å². The van der Waals surface area contributed by atoms with E-state index in [9.17, 15) is 10.5 Å². The molecule has 16 heteroatoms. The molecule has 0 N–H and O–H groups in total. The van der Waals surface area contributed by atoms with Gasteiger partial charge in [0.1, 0.15) is 34.5 Å². The summed E-state index contributed by atoms with van der Waals surface area (Å²) in [5, 5.41) is 39.7. The summed E-state index contributed by atoms with van der Waals surface area (Å²) in [6, 6.07) is 142. The molecule has 0 saturated carbocycles. The van der Waals surface area contributed by atoms with E-state index < -0.39 is 0 Å². The van der Waals surface area contributed by atoms with Gasteiger partial charge in [0.05, 0.1) is 94.1 Å². The molecule has 0 amide bonds. The lowest BCUT2D eigenvalue weighted by atomic mass is 10.0. The third-order valence-corrected chi connectivity index (χ3v) is 26.3. The van der Waals surface area contributed by atoms with Crippen molar-refractivity contribution in [1.82, 2.24) is 57.3 Å². The van der Waals surface area contributed by atoms with Crippen LogP contribution in [0.4, 0.5) is 0 Å². The number of nitriles is 2. The lowest BCUT2D eigenvalue weighted by Crippen LogP contribution is -2.06. The maximum atomic E-state index is 11.1. The average Bonchev–Trinajstić information content (AvgIpc) is 1.54. The van der Waals surface area contributed by atoms with Crippen molar-refractivity contribution < 1.29 is 8.83 Å². The second-order valence-electron chi connectivity index (χ2n) is 33.3. The Labute approximate surface area is 750 Å². The minimum absolute atomic E-state index is 0.468. The molecule has 0 radical (unpaired) electrons. The molecule has 0 spiro atoms. The van der Waals surface area contributed by atoms with Gasteiger partial charge in [-0.2, -0.15) is 30.5 Å². The van der Waals surface area contributed by atoms with Crippen molar-refractivity contribution in [1.29, 1.82) is 10.5 Å². The highest BCUT2D eigenvalue weighted by atomic mass is 16.3. The first-order valence-electron chi connectivity index (χ1n) is 43.9. The van der Waals surface area contributed by atoms with Crippen LogP contribution in [0.15, 0.2) is 409 Å². The summed E-state index contributed by atoms with van der Waals surface area (Å²) in [7, 11) is 0. The lowest BCUT2D eigenvalue weighted by molar-refractivity contribution is 0.669. The zero-order valence-corrected chi connectivity index (χ0v) is 70.2. The van der Waals surface area contributed by atoms with Crippen molar-refractivity contribution in [2.24, 2.45) is 0 Å². The number of nitrogens with zero attached hydrogens (tertiary/aromatic N) is 14. The zero-order chi connectivity index (χ0) is 86.9. The second-order valence-corrected chi connectivity index (χ2v) is 33.3. The Balaban J connectivity index is 0.000000135. The maximum absolute atomic E-state index is 11.1. The van der Waals surface area contributed by atoms with Crippen LogP contribution in [0.3, 0.4) is 0 Å². The van der Waals surface area contributed by atoms with Crippen LogP contribution >= 0.6 is 0 Å². The van der Waals surface area contributed by atoms with Gasteiger partial charge in [-0.05, 0) is 158 Å². The molecule has 612 valence electrons. The number of hydrogen-bond acceptors (Lipinski definition) is 10. The van der Waals surface area contributed by atoms with Crippen molar-refractivity contribution in [3.05, 3.63) is 412 Å². The minimum atomic E-state index is 0.468. The van der Waals surface area contributed by atoms with Gasteiger partial charge in [-0.25, -0.2) is 9.97 Å². The number of para-hydroxylation sites is 10. The predicted molar refractivity (Wildman–Crippen MR) is 531 cm³/mol. The van der Waals surface area contributed by atoms with Crippen molar-refractivity contribution in [3.63, 3.8) is 0 Å². The highest BCUT2D eigenvalue weighted by molar-refractivity contribution is 6.36. The molecule has 0 aliphatic rings. The highest BCUT2D eigenvalue weighted by Crippen LogP contribution is 2.50. The third kappa shape index (κ3) is 11.0. The number of fused-ring (bicyclic) bond motifs is 28. The summed E-state index contributed by atoms with van der Waals surface area (Å²) >= 11 is 0. The molecular weight excluding hydrogens is 1620 g/mol. The molecule has 18 aromatic carbocycles. The average molecular weight is 1690 g/mol. The Bertz CT molecular complexity index is 9730. The topological polar surface area (TPSA) is 181 Å². The molecule has 28 rings (SSSR count). The Hall–Kier alpha value is -18.6. The summed E-state index contributed by atoms with van der Waals surface area (Å²) < 4.78 is 26.8. The smallest absolute Gasteiger partial charge is 0.238 e. The van der Waals surface area contributed by atoms with E-state index in [1.807, 2.05) is 121 Å². The van der Waals surface area contributed by atoms with Gasteiger partial charge in [0, 0.05) is 114 Å². The number of hydrogen-bond donors (Lipinski definition) is 0. The van der Waals surface area contributed by atoms with Crippen molar-refractivity contribution in [2.45, 2.75) is 0 Å². The molecule has 0 unspecified atom stereocenters. The maximum Gasteiger partial charge on any atom is 0.238 e. The van der Waals surface area contributed by atoms with E-state index >= 15 is 0 Å². The normalized spacial score (nSPS) is 11.9. The van der Waals surface area contributed by atoms with Crippen LogP contribution in [0.25, 0.3) is 255 Å². The van der Waals surface area contributed by atoms with Crippen LogP contribution in [0.5, 0.6) is 0 Å². The van der Waals surface area contributed by atoms with Gasteiger partial charge in [-0.3, -0.25) is 9.13 Å². The highest BCUT2D eigenvalue weighted by Gasteiger charge is 2.30. The molecule has 10 heterocycles. The molecular formula is C116H66N14O2. The van der Waals surface area contributed by atoms with Gasteiger partial charge in [-0.1, -0.05) is 243 Å². The van der Waals surface area contributed by atoms with E-state index in [0.717, 1.165) is 203 Å². The van der Waals surface area contributed by atoms with Crippen molar-refractivity contribution in [3.8, 4) is 92.3 Å². The summed E-state index contributed by atoms with van der Waals surface area (Å²) in [5.41, 5.74) is 23.4. The summed E-state index contributed by atoms with van der Waals surface area (Å²) in [6.45, 7) is 0. The molecule has 0 atom stereocenters. The summed E-state index contributed by atoms with van der Waals surface area (Å²) in [4.78, 5) is 30.7. The molecule has 16 nitrogen and oxygen atoms in total. The number of aromatic nitrogens is 12. The predicted octanol–water partition coefficient (Wildman–Crippen LogP) is 28.5. The Kier molecular flexibility index (Phi) is 16.2. The largest absolute Gasteiger partial charge is 0.456 e. The third-order valence-electron chi connectivity index (χ3n) is 26.3. The van der Waals surface area contributed by atoms with E-state index in [0.29, 0.717) is 57.4 Å². The molecule has 0 bridgehead atoms. The number of benzene rings is 18. The van der Waals surface area contributed by atoms with Gasteiger partial charge in [0.2, 0.25) is 11.9 Å². The first kappa shape index (κ1) is 73.7. The first-order valence-corrected chi connectivity index (χ1v) is 43.9. The van der Waals surface area contributed by atoms with Gasteiger partial charge in [0.25, 0.3) is 0 Å². The molecule has 0 fully saturated rings. The van der Waals surface area contributed by atoms with Gasteiger partial charge >= 0.3 is 0 Å². The van der Waals surface area contributed by atoms with Crippen LogP contribution in [0.2, 0.25) is 0 Å². The second kappa shape index (κ2) is 29.0. The van der Waals surface area contributed by atoms with E-state index in [-0.39, 0.29) is 0 Å². The van der Waals surface area contributed by atoms with Gasteiger partial charge < -0.3 is 27.1 Å². The van der Waals surface area contributed by atoms with Crippen LogP contribution in [-0.4, -0.2) is 57.3 Å². The Morgan fingerprint density at radius 3 is 0.856 bits per heavy atom. The molecule has 0 aliphatic heterocycles. The van der Waals surface area contributed by atoms with Gasteiger partial charge in [0.15, 0.2) is 23.3 Å². The SMILES string of the molecule is N#Cc1cc(-c2nc(-c3ccccc3)nc(-n3c4ccccc4c4ccccc43)n2)ccc1-n1c2ccccc2c2c3c(ccc21)oc1ccc2c(c4ccccc4n2-c2ccccc2)c13.N#Cc1cc(-c2nc(-c3ccccc3)nc(-n3c4ccccc4c4ccccc43)n2)ccc1-n1c2ccccc2c2c3c(ccc21)oc1ccc2c4ccccc4n(-c4ccccc4)c2c13. The lowest BCUT2D eigenvalue weighted by Gasteiger charge is -2.13. The van der Waals surface area contributed by atoms with Crippen molar-refractivity contribution >= 4 is 175 Å². The molecule has 0 saturated heterocycles. The van der Waals surface area contributed by atoms with Crippen molar-refractivity contribution in [2.75, 3.05) is 0 Å². The van der Waals surface area contributed by atoms with Gasteiger partial charge in [-0.15, -0.1) is 0 Å². The Morgan fingerprint density at radius 1 is 0.197 bits per heavy atom. The Morgan fingerprint density at radius 2 is 0.477 bits per heavy atom. The fourth-order valence-electron chi connectivity index (χ4n) is 20.8. The number of rotatable bonds is 10. The summed E-state index contributed by atoms with van der Waals surface area (Å²) in [6.07, 6.45) is 0. The van der Waals surface area contributed by atoms with E-state index in [2.05, 4.69) is 319 Å². The molecule has 132 heavy (non-hydrogen) atoms. The first-order chi connectivity index (χ1) is 65.4. The molecule has 0 aliphatic carbocycles. The van der Waals surface area contributed by atoms with Crippen LogP contribution < -0.4 is 0 Å². The molecule has 28 aromatic rings. The fraction of sp³-hybridized carbons (Fsp3) is 0. The zero-order valence-electron chi connectivity index (χ0n) is 70.2. The van der Waals surface area contributed by atoms with Crippen LogP contribution in [0.1, 0.15) is 11.1 Å². The standard InChI is InChI=1S/2C58H33N7O/c59-34-37-33-36(57-60-56(35-15-3-1-4-16-35)61-58(62-57)65-46-24-12-7-19-39(46)40-20-8-13-25-47(40)65)27-29-44(37)64-48-26-14-10-22-43(48)52-49(64)30-32-50-53(52)54-51(66-50)31-28-42-41-21-9-11-23-45(41)63(55(42)54)38-17-5-2-6-18-38;59-34-37-33-36(57-60-56(35-15-3-1-4-16-35)61-58(62-57)65-44-23-11-7-19-39(44)40-20-8-12-24-45(40)65)27-28-43(37)64-47-26-14-10-22-42(47)53-49(64)30-32-51-55(53)54-50(66-51)31-29-48-52(54)41-21-9-13-25-46(41)63(48)38-17-5-2-6-18-38/h2*1-33H. The van der Waals surface area contributed by atoms with E-state index in [1.165, 1.54) is 5.39 Å². The molecule has 10 aromatic heterocycles. The van der Waals surface area contributed by atoms with E-state index in [4.69, 9.17) is 38.7 Å². The summed E-state index contributed by atoms with van der Waals surface area (Å²) in [5.74, 6) is 3.02. The fourth-order valence-corrected chi connectivity index (χ4v) is 20.8. The van der Waals surface area contributed by atoms with E-state index in [1.54, 1.807) is 0 Å². The monoisotopic (exact) mass is 1690 g/mol. The van der Waals surface area contributed by atoms with Crippen LogP contribution in [-0.2, 0) is 0 Å². The quantitative estimate of drug-likeness (QED) is 0.128. The number of furan rings is 2. The minimum Gasteiger partial charge on any atom is -0.456 e.